The fourth-order valence-corrected chi connectivity index (χ4v) is 4.89. The van der Waals surface area contributed by atoms with Crippen molar-refractivity contribution < 1.29 is 9.90 Å². The zero-order valence-corrected chi connectivity index (χ0v) is 14.6. The summed E-state index contributed by atoms with van der Waals surface area (Å²) in [7, 11) is 0. The van der Waals surface area contributed by atoms with Gasteiger partial charge in [-0.15, -0.1) is 11.3 Å². The van der Waals surface area contributed by atoms with Gasteiger partial charge in [-0.3, -0.25) is 0 Å². The van der Waals surface area contributed by atoms with Crippen LogP contribution in [-0.2, 0) is 6.42 Å². The molecule has 2 aromatic rings. The number of carboxylic acids is 1. The Bertz CT molecular complexity index is 696. The van der Waals surface area contributed by atoms with E-state index in [-0.39, 0.29) is 6.04 Å². The second-order valence-electron chi connectivity index (χ2n) is 5.35. The first-order chi connectivity index (χ1) is 10.0. The number of benzene rings is 1. The molecular formula is C16H16INO2S. The minimum Gasteiger partial charge on any atom is -0.478 e. The zero-order valence-electron chi connectivity index (χ0n) is 11.6. The van der Waals surface area contributed by atoms with Gasteiger partial charge >= 0.3 is 5.97 Å². The van der Waals surface area contributed by atoms with Gasteiger partial charge in [-0.1, -0.05) is 6.07 Å². The molecule has 21 heavy (non-hydrogen) atoms. The largest absolute Gasteiger partial charge is 0.478 e. The summed E-state index contributed by atoms with van der Waals surface area (Å²) in [5.41, 5.74) is 3.72. The Balaban J connectivity index is 1.91. The van der Waals surface area contributed by atoms with Crippen LogP contribution in [0.25, 0.3) is 0 Å². The highest BCUT2D eigenvalue weighted by molar-refractivity contribution is 14.1. The lowest BCUT2D eigenvalue weighted by molar-refractivity contribution is 0.0697. The highest BCUT2D eigenvalue weighted by Gasteiger charge is 2.23. The number of rotatable bonds is 3. The quantitative estimate of drug-likeness (QED) is 0.708. The molecule has 0 aliphatic heterocycles. The molecule has 1 aromatic carbocycles. The number of thiophene rings is 1. The van der Waals surface area contributed by atoms with Crippen LogP contribution in [-0.4, -0.2) is 11.1 Å². The van der Waals surface area contributed by atoms with Gasteiger partial charge in [0.1, 0.15) is 0 Å². The molecule has 1 aliphatic rings. The maximum Gasteiger partial charge on any atom is 0.335 e. The average Bonchev–Trinajstić information content (AvgIpc) is 2.82. The van der Waals surface area contributed by atoms with E-state index >= 15 is 0 Å². The number of hydrogen-bond donors (Lipinski definition) is 2. The number of aromatic carboxylic acids is 1. The summed E-state index contributed by atoms with van der Waals surface area (Å²) >= 11 is 4.24. The number of carboxylic acid groups (broad SMARTS) is 1. The Hall–Kier alpha value is -1.08. The molecule has 0 radical (unpaired) electrons. The second-order valence-corrected chi connectivity index (χ2v) is 8.38. The molecule has 1 atom stereocenters. The zero-order chi connectivity index (χ0) is 15.0. The van der Waals surface area contributed by atoms with Crippen LogP contribution in [0.15, 0.2) is 24.3 Å². The normalized spacial score (nSPS) is 17.3. The Kier molecular flexibility index (Phi) is 4.21. The van der Waals surface area contributed by atoms with Crippen molar-refractivity contribution in [3.05, 3.63) is 48.7 Å². The SMILES string of the molecule is Cc1ccc(C(=O)O)cc1NC1CCCc2sc(I)cc21. The van der Waals surface area contributed by atoms with Crippen LogP contribution in [0.5, 0.6) is 0 Å². The van der Waals surface area contributed by atoms with Crippen molar-refractivity contribution in [3.8, 4) is 0 Å². The van der Waals surface area contributed by atoms with Crippen molar-refractivity contribution in [2.75, 3.05) is 5.32 Å². The van der Waals surface area contributed by atoms with Crippen molar-refractivity contribution in [2.24, 2.45) is 0 Å². The van der Waals surface area contributed by atoms with E-state index < -0.39 is 5.97 Å². The number of halogens is 1. The molecule has 5 heteroatoms. The third-order valence-corrected chi connectivity index (χ3v) is 5.87. The molecule has 110 valence electrons. The predicted molar refractivity (Wildman–Crippen MR) is 94.5 cm³/mol. The molecule has 0 fully saturated rings. The van der Waals surface area contributed by atoms with E-state index in [1.165, 1.54) is 19.7 Å². The van der Waals surface area contributed by atoms with E-state index in [4.69, 9.17) is 5.11 Å². The fourth-order valence-electron chi connectivity index (χ4n) is 2.77. The predicted octanol–water partition coefficient (Wildman–Crippen LogP) is 4.85. The number of hydrogen-bond acceptors (Lipinski definition) is 3. The number of anilines is 1. The molecule has 0 saturated heterocycles. The molecule has 1 aliphatic carbocycles. The van der Waals surface area contributed by atoms with Crippen molar-refractivity contribution in [2.45, 2.75) is 32.2 Å². The van der Waals surface area contributed by atoms with Crippen LogP contribution in [0.2, 0.25) is 0 Å². The summed E-state index contributed by atoms with van der Waals surface area (Å²) in [6.07, 6.45) is 3.44. The van der Waals surface area contributed by atoms with Gasteiger partial charge in [0.25, 0.3) is 0 Å². The molecule has 0 spiro atoms. The van der Waals surface area contributed by atoms with Gasteiger partial charge in [-0.2, -0.15) is 0 Å². The minimum absolute atomic E-state index is 0.288. The lowest BCUT2D eigenvalue weighted by Gasteiger charge is -2.25. The molecule has 1 unspecified atom stereocenters. The highest BCUT2D eigenvalue weighted by Crippen LogP contribution is 2.38. The average molecular weight is 413 g/mol. The lowest BCUT2D eigenvalue weighted by Crippen LogP contribution is -2.16. The molecule has 0 bridgehead atoms. The van der Waals surface area contributed by atoms with Crippen molar-refractivity contribution >= 4 is 45.6 Å². The van der Waals surface area contributed by atoms with Crippen LogP contribution >= 0.6 is 33.9 Å². The minimum atomic E-state index is -0.882. The van der Waals surface area contributed by atoms with E-state index in [9.17, 15) is 4.79 Å². The Morgan fingerprint density at radius 2 is 2.24 bits per heavy atom. The number of fused-ring (bicyclic) bond motifs is 1. The van der Waals surface area contributed by atoms with E-state index in [1.54, 1.807) is 12.1 Å². The maximum atomic E-state index is 11.1. The van der Waals surface area contributed by atoms with Gasteiger partial charge in [0.15, 0.2) is 0 Å². The standard InChI is InChI=1S/C16H16INO2S/c1-9-5-6-10(16(19)20)7-13(9)18-12-3-2-4-14-11(12)8-15(17)21-14/h5-8,12,18H,2-4H2,1H3,(H,19,20). The smallest absolute Gasteiger partial charge is 0.335 e. The Labute approximate surface area is 141 Å². The first-order valence-corrected chi connectivity index (χ1v) is 8.82. The molecule has 3 rings (SSSR count). The monoisotopic (exact) mass is 413 g/mol. The molecule has 1 heterocycles. The van der Waals surface area contributed by atoms with E-state index in [2.05, 4.69) is 34.0 Å². The highest BCUT2D eigenvalue weighted by atomic mass is 127. The first kappa shape index (κ1) is 14.8. The van der Waals surface area contributed by atoms with Gasteiger partial charge < -0.3 is 10.4 Å². The van der Waals surface area contributed by atoms with E-state index in [1.807, 2.05) is 24.3 Å². The van der Waals surface area contributed by atoms with Gasteiger partial charge in [0.2, 0.25) is 0 Å². The summed E-state index contributed by atoms with van der Waals surface area (Å²) < 4.78 is 1.32. The van der Waals surface area contributed by atoms with Crippen LogP contribution in [0.1, 0.15) is 45.2 Å². The second kappa shape index (κ2) is 5.96. The summed E-state index contributed by atoms with van der Waals surface area (Å²) in [4.78, 5) is 12.6. The first-order valence-electron chi connectivity index (χ1n) is 6.93. The molecular weight excluding hydrogens is 397 g/mol. The lowest BCUT2D eigenvalue weighted by atomic mass is 9.93. The molecule has 3 nitrogen and oxygen atoms in total. The Morgan fingerprint density at radius 3 is 3.00 bits per heavy atom. The molecule has 2 N–H and O–H groups in total. The third kappa shape index (κ3) is 3.08. The molecule has 1 aromatic heterocycles. The molecule has 0 saturated carbocycles. The summed E-state index contributed by atoms with van der Waals surface area (Å²) in [5.74, 6) is -0.882. The fraction of sp³-hybridized carbons (Fsp3) is 0.312. The number of aryl methyl sites for hydroxylation is 2. The van der Waals surface area contributed by atoms with Crippen LogP contribution in [0.4, 0.5) is 5.69 Å². The summed E-state index contributed by atoms with van der Waals surface area (Å²) in [5, 5.41) is 12.7. The maximum absolute atomic E-state index is 11.1. The van der Waals surface area contributed by atoms with Crippen molar-refractivity contribution in [1.29, 1.82) is 0 Å². The van der Waals surface area contributed by atoms with Crippen molar-refractivity contribution in [3.63, 3.8) is 0 Å². The Morgan fingerprint density at radius 1 is 1.43 bits per heavy atom. The van der Waals surface area contributed by atoms with Gasteiger partial charge in [0.05, 0.1) is 14.5 Å². The van der Waals surface area contributed by atoms with Crippen LogP contribution < -0.4 is 5.32 Å². The van der Waals surface area contributed by atoms with Crippen LogP contribution in [0.3, 0.4) is 0 Å². The van der Waals surface area contributed by atoms with E-state index in [0.717, 1.165) is 24.1 Å². The number of nitrogens with one attached hydrogen (secondary N) is 1. The van der Waals surface area contributed by atoms with Gasteiger partial charge in [0, 0.05) is 10.6 Å². The summed E-state index contributed by atoms with van der Waals surface area (Å²) in [6, 6.07) is 7.81. The van der Waals surface area contributed by atoms with E-state index in [0.29, 0.717) is 5.56 Å². The summed E-state index contributed by atoms with van der Waals surface area (Å²) in [6.45, 7) is 2.01. The van der Waals surface area contributed by atoms with Gasteiger partial charge in [-0.25, -0.2) is 4.79 Å². The van der Waals surface area contributed by atoms with Crippen LogP contribution in [0, 0.1) is 9.81 Å². The third-order valence-electron chi connectivity index (χ3n) is 3.90. The van der Waals surface area contributed by atoms with Gasteiger partial charge in [-0.05, 0) is 78.1 Å². The number of carbonyl (C=O) groups is 1. The topological polar surface area (TPSA) is 49.3 Å². The van der Waals surface area contributed by atoms with Crippen molar-refractivity contribution in [1.82, 2.24) is 0 Å². The molecule has 0 amide bonds.